The highest BCUT2D eigenvalue weighted by Gasteiger charge is 1.97. The number of ether oxygens (including phenoxy) is 1. The molecule has 2 aromatic rings. The van der Waals surface area contributed by atoms with Crippen LogP contribution in [0.25, 0.3) is 5.95 Å². The van der Waals surface area contributed by atoms with Crippen LogP contribution in [0.2, 0.25) is 0 Å². The smallest absolute Gasteiger partial charge is 0.363 e. The van der Waals surface area contributed by atoms with Crippen molar-refractivity contribution in [3.63, 3.8) is 0 Å². The van der Waals surface area contributed by atoms with E-state index in [2.05, 4.69) is 5.94 Å². The van der Waals surface area contributed by atoms with Gasteiger partial charge in [-0.05, 0) is 31.2 Å². The number of carbonyl (C=O) groups excluding carboxylic acids is 1. The molecular formula is C14H15O3S2+. The average Bonchev–Trinajstić information content (AvgIpc) is 3.05. The molecule has 0 atom stereocenters. The van der Waals surface area contributed by atoms with E-state index in [-0.39, 0.29) is 5.95 Å². The van der Waals surface area contributed by atoms with Gasteiger partial charge in [-0.3, -0.25) is 0 Å². The van der Waals surface area contributed by atoms with Crippen LogP contribution < -0.4 is 9.06 Å². The van der Waals surface area contributed by atoms with E-state index in [9.17, 15) is 5.11 Å². The van der Waals surface area contributed by atoms with Crippen LogP contribution in [-0.4, -0.2) is 24.3 Å². The lowest BCUT2D eigenvalue weighted by atomic mass is 10.5. The van der Waals surface area contributed by atoms with E-state index in [1.54, 1.807) is 11.3 Å². The molecule has 1 N–H and O–H groups in total. The van der Waals surface area contributed by atoms with Crippen molar-refractivity contribution in [3.8, 4) is 0 Å². The molecule has 0 radical (unpaired) electrons. The zero-order chi connectivity index (χ0) is 13.7. The monoisotopic (exact) mass is 295 g/mol. The van der Waals surface area contributed by atoms with Crippen molar-refractivity contribution in [1.82, 2.24) is 0 Å². The van der Waals surface area contributed by atoms with Gasteiger partial charge in [0.1, 0.15) is 4.53 Å². The van der Waals surface area contributed by atoms with E-state index >= 15 is 0 Å². The van der Waals surface area contributed by atoms with Crippen molar-refractivity contribution in [2.75, 3.05) is 13.2 Å². The van der Waals surface area contributed by atoms with Gasteiger partial charge in [0.15, 0.2) is 4.53 Å². The molecule has 19 heavy (non-hydrogen) atoms. The van der Waals surface area contributed by atoms with Crippen LogP contribution in [-0.2, 0) is 9.16 Å². The number of aliphatic hydroxyl groups excluding tert-OH is 1. The predicted octanol–water partition coefficient (Wildman–Crippen LogP) is 1.82. The first kappa shape index (κ1) is 13.9. The van der Waals surface area contributed by atoms with Gasteiger partial charge in [0.2, 0.25) is 0 Å². The molecule has 0 aromatic carbocycles. The fraction of sp³-hybridized carbons (Fsp3) is 0.286. The van der Waals surface area contributed by atoms with E-state index in [0.29, 0.717) is 13.2 Å². The molecule has 0 fully saturated rings. The minimum atomic E-state index is -0.0111. The van der Waals surface area contributed by atoms with E-state index < -0.39 is 0 Å². The molecule has 3 nitrogen and oxygen atoms in total. The highest BCUT2D eigenvalue weighted by Crippen LogP contribution is 2.04. The van der Waals surface area contributed by atoms with Crippen LogP contribution in [0.5, 0.6) is 0 Å². The molecule has 5 heteroatoms. The Hall–Kier alpha value is -1.55. The largest absolute Gasteiger partial charge is 0.480 e. The van der Waals surface area contributed by atoms with Crippen LogP contribution in [0.15, 0.2) is 24.3 Å². The van der Waals surface area contributed by atoms with Crippen molar-refractivity contribution in [3.05, 3.63) is 42.4 Å². The lowest BCUT2D eigenvalue weighted by Crippen LogP contribution is -2.01. The Morgan fingerprint density at radius 1 is 1.21 bits per heavy atom. The number of aliphatic hydroxyl groups is 1. The summed E-state index contributed by atoms with van der Waals surface area (Å²) in [5, 5.41) is 9.68. The molecule has 0 saturated carbocycles. The van der Waals surface area contributed by atoms with Crippen molar-refractivity contribution in [2.24, 2.45) is 0 Å². The second-order valence-electron chi connectivity index (χ2n) is 3.60. The van der Waals surface area contributed by atoms with Crippen LogP contribution in [0.4, 0.5) is 0 Å². The average molecular weight is 295 g/mol. The Morgan fingerprint density at radius 2 is 1.95 bits per heavy atom. The van der Waals surface area contributed by atoms with Gasteiger partial charge in [-0.2, -0.15) is 0 Å². The first-order valence-electron chi connectivity index (χ1n) is 6.01. The summed E-state index contributed by atoms with van der Waals surface area (Å²) in [6.45, 7) is 4.85. The zero-order valence-corrected chi connectivity index (χ0v) is 12.4. The van der Waals surface area contributed by atoms with Crippen molar-refractivity contribution in [1.29, 1.82) is 0 Å². The van der Waals surface area contributed by atoms with E-state index in [0.717, 1.165) is 18.1 Å². The summed E-state index contributed by atoms with van der Waals surface area (Å²) < 4.78 is 14.2. The van der Waals surface area contributed by atoms with Crippen LogP contribution in [0.3, 0.4) is 0 Å². The van der Waals surface area contributed by atoms with Gasteiger partial charge in [-0.1, -0.05) is 0 Å². The van der Waals surface area contributed by atoms with Crippen LogP contribution in [0.1, 0.15) is 13.8 Å². The second-order valence-corrected chi connectivity index (χ2v) is 5.77. The van der Waals surface area contributed by atoms with Crippen molar-refractivity contribution in [2.45, 2.75) is 13.8 Å². The van der Waals surface area contributed by atoms with Gasteiger partial charge in [-0.25, -0.2) is 4.42 Å². The minimum Gasteiger partial charge on any atom is -0.480 e. The molecule has 2 rings (SSSR count). The highest BCUT2D eigenvalue weighted by atomic mass is 32.1. The van der Waals surface area contributed by atoms with Gasteiger partial charge >= 0.3 is 5.94 Å². The summed E-state index contributed by atoms with van der Waals surface area (Å²) in [6.07, 6.45) is 0. The fourth-order valence-electron chi connectivity index (χ4n) is 1.46. The van der Waals surface area contributed by atoms with Gasteiger partial charge in [0.05, 0.1) is 6.61 Å². The summed E-state index contributed by atoms with van der Waals surface area (Å²) in [5.41, 5.74) is 0. The van der Waals surface area contributed by atoms with E-state index in [1.165, 1.54) is 11.3 Å². The van der Waals surface area contributed by atoms with E-state index in [1.807, 2.05) is 38.1 Å². The third-order valence-electron chi connectivity index (χ3n) is 2.26. The predicted molar refractivity (Wildman–Crippen MR) is 78.6 cm³/mol. The summed E-state index contributed by atoms with van der Waals surface area (Å²) in [4.78, 5) is 0. The van der Waals surface area contributed by atoms with Crippen LogP contribution in [0, 0.1) is 9.06 Å². The molecular weight excluding hydrogens is 280 g/mol. The Balaban J connectivity index is 2.59. The summed E-state index contributed by atoms with van der Waals surface area (Å²) >= 11 is 3.11. The summed E-state index contributed by atoms with van der Waals surface area (Å²) in [6, 6.07) is 7.84. The van der Waals surface area contributed by atoms with E-state index in [4.69, 9.17) is 9.16 Å². The van der Waals surface area contributed by atoms with Gasteiger partial charge < -0.3 is 9.84 Å². The lowest BCUT2D eigenvalue weighted by Gasteiger charge is -1.96. The number of hydrogen-bond acceptors (Lipinski definition) is 4. The molecule has 0 aliphatic rings. The molecule has 0 saturated heterocycles. The molecule has 0 aliphatic heterocycles. The number of thiophene rings is 2. The Kier molecular flexibility index (Phi) is 4.80. The van der Waals surface area contributed by atoms with Gasteiger partial charge in [-0.15, -0.1) is 22.7 Å². The second kappa shape index (κ2) is 6.57. The molecule has 0 amide bonds. The third-order valence-corrected chi connectivity index (χ3v) is 4.51. The standard InChI is InChI=1S/C14H14O3S2/c1-3-16-9-10-5-6-11(18-10)12-7-8-13(19-12)14(15)17-4-2/h5-8H,3-4H2,1-2H3/p+1. The van der Waals surface area contributed by atoms with Crippen LogP contribution >= 0.6 is 22.7 Å². The maximum atomic E-state index is 9.68. The highest BCUT2D eigenvalue weighted by molar-refractivity contribution is 7.11. The number of rotatable bonds is 3. The molecule has 2 heterocycles. The Labute approximate surface area is 118 Å². The molecule has 100 valence electrons. The first-order chi connectivity index (χ1) is 9.24. The van der Waals surface area contributed by atoms with Crippen molar-refractivity contribution >= 4 is 34.6 Å². The maximum absolute atomic E-state index is 9.68. The van der Waals surface area contributed by atoms with Crippen molar-refractivity contribution < 1.29 is 14.3 Å². The normalized spacial score (nSPS) is 13.8. The fourth-order valence-corrected chi connectivity index (χ4v) is 3.31. The molecule has 0 unspecified atom stereocenters. The maximum Gasteiger partial charge on any atom is 0.363 e. The van der Waals surface area contributed by atoms with Gasteiger partial charge in [0, 0.05) is 16.0 Å². The quantitative estimate of drug-likeness (QED) is 0.878. The molecule has 0 aliphatic carbocycles. The molecule has 0 bridgehead atoms. The van der Waals surface area contributed by atoms with Gasteiger partial charge in [0.25, 0.3) is 12.6 Å². The summed E-state index contributed by atoms with van der Waals surface area (Å²) in [5.74, 6) is 2.87. The Morgan fingerprint density at radius 3 is 2.68 bits per heavy atom. The summed E-state index contributed by atoms with van der Waals surface area (Å²) in [7, 11) is 0. The molecule has 0 spiro atoms. The SMILES string of the molecule is CCOC(O)=c1ccc(=c2ccc(=C=[O+]CC)s2)s1. The Bertz CT molecular complexity index is 779. The molecule has 2 aromatic heterocycles. The number of hydrogen-bond donors (Lipinski definition) is 1. The third kappa shape index (κ3) is 3.47. The lowest BCUT2D eigenvalue weighted by molar-refractivity contribution is 0.127. The first-order valence-corrected chi connectivity index (χ1v) is 7.64. The zero-order valence-electron chi connectivity index (χ0n) is 10.8. The topological polar surface area (TPSA) is 40.8 Å². The minimum absolute atomic E-state index is 0.0111.